The van der Waals surface area contributed by atoms with Crippen molar-refractivity contribution in [3.8, 4) is 0 Å². The molecule has 0 saturated carbocycles. The van der Waals surface area contributed by atoms with Gasteiger partial charge in [0.25, 0.3) is 6.43 Å². The van der Waals surface area contributed by atoms with Crippen molar-refractivity contribution in [2.24, 2.45) is 4.40 Å². The Morgan fingerprint density at radius 1 is 1.27 bits per heavy atom. The average Bonchev–Trinajstić information content (AvgIpc) is 2.56. The average molecular weight is 471 g/mol. The SMILES string of the molecule is CC[Si](CC)(CC)c1cc(Br)nc(/C(=N\[S+]([O-])C(C)(C)C)C(F)F)c1F. The molecule has 3 nitrogen and oxygen atoms in total. The molecule has 0 N–H and O–H groups in total. The van der Waals surface area contributed by atoms with Crippen LogP contribution >= 0.6 is 15.9 Å². The molecule has 0 aromatic carbocycles. The molecular formula is C17H26BrF3N2OSSi. The van der Waals surface area contributed by atoms with E-state index in [0.717, 1.165) is 18.1 Å². The first kappa shape index (κ1) is 23.7. The van der Waals surface area contributed by atoms with Crippen molar-refractivity contribution in [2.45, 2.75) is 70.8 Å². The molecule has 0 bridgehead atoms. The van der Waals surface area contributed by atoms with Crippen LogP contribution in [0.4, 0.5) is 13.2 Å². The fourth-order valence-corrected chi connectivity index (χ4v) is 7.69. The van der Waals surface area contributed by atoms with Gasteiger partial charge >= 0.3 is 0 Å². The van der Waals surface area contributed by atoms with Crippen LogP contribution in [-0.4, -0.2) is 34.5 Å². The lowest BCUT2D eigenvalue weighted by Crippen LogP contribution is -2.48. The lowest BCUT2D eigenvalue weighted by Gasteiger charge is -2.29. The lowest BCUT2D eigenvalue weighted by molar-refractivity contribution is 0.226. The molecule has 1 unspecified atom stereocenters. The first-order valence-electron chi connectivity index (χ1n) is 8.59. The summed E-state index contributed by atoms with van der Waals surface area (Å²) in [6.07, 6.45) is -3.08. The minimum absolute atomic E-state index is 0.283. The maximum Gasteiger partial charge on any atom is 0.287 e. The fraction of sp³-hybridized carbons (Fsp3) is 0.647. The summed E-state index contributed by atoms with van der Waals surface area (Å²) in [5.74, 6) is -0.754. The molecule has 0 radical (unpaired) electrons. The summed E-state index contributed by atoms with van der Waals surface area (Å²) in [6.45, 7) is 10.9. The van der Waals surface area contributed by atoms with Gasteiger partial charge in [-0.15, -0.1) is 0 Å². The van der Waals surface area contributed by atoms with Crippen molar-refractivity contribution < 1.29 is 17.7 Å². The van der Waals surface area contributed by atoms with E-state index in [-0.39, 0.29) is 4.60 Å². The van der Waals surface area contributed by atoms with Gasteiger partial charge in [0.2, 0.25) is 0 Å². The van der Waals surface area contributed by atoms with E-state index in [1.54, 1.807) is 26.8 Å². The van der Waals surface area contributed by atoms with Gasteiger partial charge in [0, 0.05) is 0 Å². The Morgan fingerprint density at radius 2 is 1.77 bits per heavy atom. The molecule has 1 aromatic rings. The third kappa shape index (κ3) is 5.11. The second kappa shape index (κ2) is 9.21. The van der Waals surface area contributed by atoms with Crippen LogP contribution in [-0.2, 0) is 11.4 Å². The predicted octanol–water partition coefficient (Wildman–Crippen LogP) is 5.22. The number of aromatic nitrogens is 1. The van der Waals surface area contributed by atoms with Gasteiger partial charge in [0.05, 0.1) is 8.07 Å². The number of hydrogen-bond donors (Lipinski definition) is 0. The minimum Gasteiger partial charge on any atom is -0.591 e. The highest BCUT2D eigenvalue weighted by Gasteiger charge is 2.37. The first-order chi connectivity index (χ1) is 11.9. The van der Waals surface area contributed by atoms with Crippen LogP contribution in [0.2, 0.25) is 18.1 Å². The van der Waals surface area contributed by atoms with Crippen molar-refractivity contribution in [2.75, 3.05) is 0 Å². The maximum absolute atomic E-state index is 15.3. The van der Waals surface area contributed by atoms with Crippen LogP contribution in [0, 0.1) is 5.82 Å². The van der Waals surface area contributed by atoms with Crippen LogP contribution in [0.3, 0.4) is 0 Å². The maximum atomic E-state index is 15.3. The van der Waals surface area contributed by atoms with Crippen molar-refractivity contribution in [1.29, 1.82) is 0 Å². The molecule has 9 heteroatoms. The molecule has 1 heterocycles. The van der Waals surface area contributed by atoms with Crippen LogP contribution < -0.4 is 5.19 Å². The number of halogens is 4. The van der Waals surface area contributed by atoms with E-state index < -0.39 is 47.8 Å². The first-order valence-corrected chi connectivity index (χ1v) is 13.1. The van der Waals surface area contributed by atoms with Gasteiger partial charge in [0.15, 0.2) is 5.71 Å². The molecule has 1 atom stereocenters. The molecule has 0 fully saturated rings. The summed E-state index contributed by atoms with van der Waals surface area (Å²) < 4.78 is 57.9. The number of pyridine rings is 1. The van der Waals surface area contributed by atoms with E-state index in [9.17, 15) is 13.3 Å². The quantitative estimate of drug-likeness (QED) is 0.237. The Labute approximate surface area is 166 Å². The molecule has 0 saturated heterocycles. The Hall–Kier alpha value is -0.383. The van der Waals surface area contributed by atoms with Crippen molar-refractivity contribution in [3.63, 3.8) is 0 Å². The third-order valence-electron chi connectivity index (χ3n) is 4.68. The molecule has 0 aliphatic carbocycles. The normalized spacial score (nSPS) is 14.8. The lowest BCUT2D eigenvalue weighted by atomic mass is 10.2. The van der Waals surface area contributed by atoms with Gasteiger partial charge in [-0.05, 0) is 48.0 Å². The van der Waals surface area contributed by atoms with E-state index in [4.69, 9.17) is 0 Å². The van der Waals surface area contributed by atoms with E-state index >= 15 is 4.39 Å². The minimum atomic E-state index is -3.08. The standard InChI is InChI=1S/C17H26BrF3N2OSSi/c1-7-26(8-2,9-3)11-10-12(18)22-14(13(11)19)15(16(20)21)23-25(24)17(4,5)6/h10,16H,7-9H2,1-6H3/b23-15+. The molecule has 26 heavy (non-hydrogen) atoms. The zero-order valence-electron chi connectivity index (χ0n) is 16.0. The van der Waals surface area contributed by atoms with Gasteiger partial charge < -0.3 is 4.55 Å². The molecule has 0 aliphatic heterocycles. The third-order valence-corrected chi connectivity index (χ3v) is 12.1. The Bertz CT molecular complexity index is 656. The molecule has 1 aromatic heterocycles. The predicted molar refractivity (Wildman–Crippen MR) is 109 cm³/mol. The smallest absolute Gasteiger partial charge is 0.287 e. The van der Waals surface area contributed by atoms with Gasteiger partial charge in [-0.2, -0.15) is 0 Å². The van der Waals surface area contributed by atoms with E-state index in [1.165, 1.54) is 0 Å². The summed E-state index contributed by atoms with van der Waals surface area (Å²) in [7, 11) is -2.18. The number of hydrogen-bond acceptors (Lipinski definition) is 3. The van der Waals surface area contributed by atoms with Gasteiger partial charge in [0.1, 0.15) is 32.2 Å². The van der Waals surface area contributed by atoms with Gasteiger partial charge in [-0.3, -0.25) is 0 Å². The monoisotopic (exact) mass is 470 g/mol. The van der Waals surface area contributed by atoms with Gasteiger partial charge in [-0.1, -0.05) is 43.3 Å². The van der Waals surface area contributed by atoms with Crippen LogP contribution in [0.5, 0.6) is 0 Å². The molecule has 0 amide bonds. The van der Waals surface area contributed by atoms with Gasteiger partial charge in [-0.25, -0.2) is 18.2 Å². The fourth-order valence-electron chi connectivity index (χ4n) is 2.79. The van der Waals surface area contributed by atoms with Crippen molar-refractivity contribution in [1.82, 2.24) is 4.98 Å². The Kier molecular flexibility index (Phi) is 8.38. The zero-order valence-corrected chi connectivity index (χ0v) is 19.4. The zero-order chi connectivity index (χ0) is 20.3. The van der Waals surface area contributed by atoms with Crippen LogP contribution in [0.25, 0.3) is 0 Å². The van der Waals surface area contributed by atoms with Crippen molar-refractivity contribution >= 4 is 46.3 Å². The van der Waals surface area contributed by atoms with Crippen molar-refractivity contribution in [3.05, 3.63) is 22.2 Å². The molecule has 0 spiro atoms. The second-order valence-corrected chi connectivity index (χ2v) is 15.1. The highest BCUT2D eigenvalue weighted by Crippen LogP contribution is 2.26. The second-order valence-electron chi connectivity index (χ2n) is 7.13. The highest BCUT2D eigenvalue weighted by molar-refractivity contribution is 9.10. The summed E-state index contributed by atoms with van der Waals surface area (Å²) in [6, 6.07) is 3.98. The summed E-state index contributed by atoms with van der Waals surface area (Å²) >= 11 is 1.28. The summed E-state index contributed by atoms with van der Waals surface area (Å²) in [5, 5.41) is 0.469. The number of alkyl halides is 2. The van der Waals surface area contributed by atoms with Crippen LogP contribution in [0.15, 0.2) is 15.1 Å². The van der Waals surface area contributed by atoms with E-state index in [2.05, 4.69) is 25.3 Å². The van der Waals surface area contributed by atoms with E-state index in [1.807, 2.05) is 20.8 Å². The topological polar surface area (TPSA) is 48.3 Å². The molecular weight excluding hydrogens is 445 g/mol. The molecule has 0 aliphatic rings. The Morgan fingerprint density at radius 3 is 2.15 bits per heavy atom. The summed E-state index contributed by atoms with van der Waals surface area (Å²) in [5.41, 5.74) is -1.36. The van der Waals surface area contributed by atoms with E-state index in [0.29, 0.717) is 5.19 Å². The van der Waals surface area contributed by atoms with Crippen LogP contribution in [0.1, 0.15) is 47.2 Å². The molecule has 1 rings (SSSR count). The highest BCUT2D eigenvalue weighted by atomic mass is 79.9. The number of nitrogens with zero attached hydrogens (tertiary/aromatic N) is 2. The summed E-state index contributed by atoms with van der Waals surface area (Å²) in [4.78, 5) is 3.93. The largest absolute Gasteiger partial charge is 0.591 e. The number of rotatable bonds is 7. The molecule has 148 valence electrons. The Balaban J connectivity index is 3.69.